The van der Waals surface area contributed by atoms with Gasteiger partial charge in [-0.2, -0.15) is 0 Å². The van der Waals surface area contributed by atoms with Gasteiger partial charge in [0.05, 0.1) is 22.3 Å². The molecule has 3 aromatic rings. The van der Waals surface area contributed by atoms with Gasteiger partial charge in [0.2, 0.25) is 0 Å². The molecule has 0 aliphatic rings. The number of esters is 4. The highest BCUT2D eigenvalue weighted by atomic mass is 127. The second-order valence-corrected chi connectivity index (χ2v) is 17.0. The van der Waals surface area contributed by atoms with Gasteiger partial charge in [0.15, 0.2) is 0 Å². The van der Waals surface area contributed by atoms with E-state index >= 15 is 0 Å². The molecule has 6 nitrogen and oxygen atoms in total. The lowest BCUT2D eigenvalue weighted by atomic mass is 10.1. The number of rotatable bonds is 4. The van der Waals surface area contributed by atoms with Gasteiger partial charge in [-0.25, -0.2) is 19.2 Å². The first-order chi connectivity index (χ1) is 17.6. The normalized spacial score (nSPS) is 10.8. The molecule has 0 spiro atoms. The van der Waals surface area contributed by atoms with Gasteiger partial charge in [0, 0.05) is 39.3 Å². The minimum absolute atomic E-state index is 0.120. The maximum atomic E-state index is 13.3. The van der Waals surface area contributed by atoms with E-state index in [9.17, 15) is 19.2 Å². The van der Waals surface area contributed by atoms with Crippen LogP contribution < -0.4 is 0 Å². The molecule has 0 aromatic heterocycles. The monoisotopic (exact) mass is 1440 g/mol. The number of hydrogen-bond donors (Lipinski definition) is 0. The minimum atomic E-state index is -1.11. The quantitative estimate of drug-likeness (QED) is 0.0851. The highest BCUT2D eigenvalue weighted by molar-refractivity contribution is 14.1. The van der Waals surface area contributed by atoms with Gasteiger partial charge in [0.25, 0.3) is 0 Å². The van der Waals surface area contributed by atoms with Crippen LogP contribution in [0.25, 0.3) is 0 Å². The lowest BCUT2D eigenvalue weighted by Gasteiger charge is -2.16. The predicted molar refractivity (Wildman–Crippen MR) is 206 cm³/mol. The van der Waals surface area contributed by atoms with E-state index in [-0.39, 0.29) is 31.2 Å². The van der Waals surface area contributed by atoms with Crippen LogP contribution in [-0.4, -0.2) is 23.9 Å². The Morgan fingerprint density at radius 3 is 1.13 bits per heavy atom. The van der Waals surface area contributed by atoms with Crippen molar-refractivity contribution in [2.24, 2.45) is 0 Å². The number of ether oxygens (including phenoxy) is 2. The van der Waals surface area contributed by atoms with Gasteiger partial charge in [-0.15, -0.1) is 0 Å². The van der Waals surface area contributed by atoms with E-state index in [0.29, 0.717) is 16.1 Å². The van der Waals surface area contributed by atoms with Crippen LogP contribution in [0.4, 0.5) is 0 Å². The van der Waals surface area contributed by atoms with E-state index in [0.717, 1.165) is 14.3 Å². The molecule has 16 heteroatoms. The fraction of sp³-hybridized carbons (Fsp3) is 0. The van der Waals surface area contributed by atoms with Crippen LogP contribution in [0.15, 0.2) is 42.2 Å². The zero-order valence-corrected chi connectivity index (χ0v) is 36.8. The molecule has 0 bridgehead atoms. The summed E-state index contributed by atoms with van der Waals surface area (Å²) in [6.07, 6.45) is 0. The molecule has 0 unspecified atom stereocenters. The molecule has 0 atom stereocenters. The molecule has 0 aliphatic carbocycles. The standard InChI is InChI=1S/C22H4Br4I6O6/c23-13-11(21(35)37-19(33)7-1-5(27)3-9(29)17(7)31)12(14(24)16(26)15(13)25)22(36)38-20(34)8-2-6(28)4-10(30)18(8)32/h1-4H. The lowest BCUT2D eigenvalue weighted by Crippen LogP contribution is -2.22. The summed E-state index contributed by atoms with van der Waals surface area (Å²) in [6, 6.07) is 6.95. The third-order valence-corrected chi connectivity index (χ3v) is 16.6. The van der Waals surface area contributed by atoms with E-state index in [1.165, 1.54) is 0 Å². The maximum absolute atomic E-state index is 13.3. The van der Waals surface area contributed by atoms with Crippen LogP contribution in [0.3, 0.4) is 0 Å². The molecular formula is C22H4Br4I6O6. The first-order valence-electron chi connectivity index (χ1n) is 9.33. The van der Waals surface area contributed by atoms with Gasteiger partial charge in [0.1, 0.15) is 0 Å². The van der Waals surface area contributed by atoms with E-state index in [2.05, 4.69) is 154 Å². The Morgan fingerprint density at radius 1 is 0.500 bits per heavy atom. The number of carbonyl (C=O) groups excluding carboxylic acids is 4. The summed E-state index contributed by atoms with van der Waals surface area (Å²) >= 11 is 25.6. The van der Waals surface area contributed by atoms with E-state index < -0.39 is 23.9 Å². The average Bonchev–Trinajstić information content (AvgIpc) is 2.83. The summed E-state index contributed by atoms with van der Waals surface area (Å²) in [5.74, 6) is -4.01. The van der Waals surface area contributed by atoms with E-state index in [1.807, 2.05) is 57.3 Å². The zero-order chi connectivity index (χ0) is 28.6. The molecule has 3 rings (SSSR count). The van der Waals surface area contributed by atoms with Crippen LogP contribution in [0.5, 0.6) is 0 Å². The van der Waals surface area contributed by atoms with Crippen molar-refractivity contribution in [3.63, 3.8) is 0 Å². The predicted octanol–water partition coefficient (Wildman–Crippen LogP) is 10.4. The van der Waals surface area contributed by atoms with Crippen LogP contribution in [0.2, 0.25) is 0 Å². The fourth-order valence-corrected chi connectivity index (χ4v) is 10.00. The molecule has 3 aromatic carbocycles. The van der Waals surface area contributed by atoms with Crippen molar-refractivity contribution in [2.75, 3.05) is 0 Å². The zero-order valence-electron chi connectivity index (χ0n) is 17.5. The SMILES string of the molecule is O=C(OC(=O)c1c(Br)c(Br)c(Br)c(Br)c1C(=O)OC(=O)c1cc(I)cc(I)c1I)c1cc(I)cc(I)c1I. The Kier molecular flexibility index (Phi) is 13.5. The second kappa shape index (κ2) is 14.8. The lowest BCUT2D eigenvalue weighted by molar-refractivity contribution is 0.0354. The molecular weight excluding hydrogens is 1440 g/mol. The van der Waals surface area contributed by atoms with Crippen LogP contribution in [0.1, 0.15) is 41.4 Å². The number of halogens is 10. The summed E-state index contributed by atoms with van der Waals surface area (Å²) in [5, 5.41) is 0. The molecule has 0 fully saturated rings. The third kappa shape index (κ3) is 7.84. The molecule has 0 radical (unpaired) electrons. The van der Waals surface area contributed by atoms with Gasteiger partial charge in [-0.1, -0.05) is 0 Å². The van der Waals surface area contributed by atoms with Crippen molar-refractivity contribution in [3.05, 3.63) is 85.8 Å². The first-order valence-corrected chi connectivity index (χ1v) is 19.0. The maximum Gasteiger partial charge on any atom is 0.348 e. The van der Waals surface area contributed by atoms with E-state index in [1.54, 1.807) is 12.1 Å². The smallest absolute Gasteiger partial charge is 0.348 e. The summed E-state index contributed by atoms with van der Waals surface area (Å²) < 4.78 is 15.8. The molecule has 0 N–H and O–H groups in total. The molecule has 0 amide bonds. The number of benzene rings is 3. The summed E-state index contributed by atoms with van der Waals surface area (Å²) in [5.41, 5.74) is -0.215. The van der Waals surface area contributed by atoms with Crippen molar-refractivity contribution >= 4 is 223 Å². The average molecular weight is 1450 g/mol. The Balaban J connectivity index is 2.05. The van der Waals surface area contributed by atoms with Crippen molar-refractivity contribution < 1.29 is 28.7 Å². The topological polar surface area (TPSA) is 86.7 Å². The fourth-order valence-electron chi connectivity index (χ4n) is 2.80. The van der Waals surface area contributed by atoms with Crippen molar-refractivity contribution in [1.82, 2.24) is 0 Å². The summed E-state index contributed by atoms with van der Waals surface area (Å²) in [4.78, 5) is 52.6. The van der Waals surface area contributed by atoms with Crippen LogP contribution in [0, 0.1) is 21.4 Å². The van der Waals surface area contributed by atoms with E-state index in [4.69, 9.17) is 9.47 Å². The largest absolute Gasteiger partial charge is 0.386 e. The first kappa shape index (κ1) is 34.7. The molecule has 198 valence electrons. The van der Waals surface area contributed by atoms with Crippen LogP contribution >= 0.6 is 199 Å². The molecule has 0 aliphatic heterocycles. The molecule has 38 heavy (non-hydrogen) atoms. The van der Waals surface area contributed by atoms with Crippen LogP contribution in [-0.2, 0) is 9.47 Å². The Bertz CT molecular complexity index is 1450. The second-order valence-electron chi connectivity index (χ2n) is 6.86. The summed E-state index contributed by atoms with van der Waals surface area (Å²) in [7, 11) is 0. The van der Waals surface area contributed by atoms with Crippen molar-refractivity contribution in [3.8, 4) is 0 Å². The van der Waals surface area contributed by atoms with Crippen molar-refractivity contribution in [2.45, 2.75) is 0 Å². The summed E-state index contributed by atoms with van der Waals surface area (Å²) in [6.45, 7) is 0. The number of hydrogen-bond acceptors (Lipinski definition) is 6. The van der Waals surface area contributed by atoms with Gasteiger partial charge < -0.3 is 9.47 Å². The molecule has 0 saturated carbocycles. The van der Waals surface area contributed by atoms with Gasteiger partial charge in [-0.3, -0.25) is 0 Å². The Hall–Kier alpha value is 2.24. The van der Waals surface area contributed by atoms with Gasteiger partial charge >= 0.3 is 23.9 Å². The van der Waals surface area contributed by atoms with Crippen molar-refractivity contribution in [1.29, 1.82) is 0 Å². The third-order valence-electron chi connectivity index (χ3n) is 4.47. The number of carbonyl (C=O) groups is 4. The Morgan fingerprint density at radius 2 is 0.816 bits per heavy atom. The molecule has 0 saturated heterocycles. The highest BCUT2D eigenvalue weighted by Gasteiger charge is 2.33. The minimum Gasteiger partial charge on any atom is -0.386 e. The van der Waals surface area contributed by atoms with Gasteiger partial charge in [-0.05, 0) is 224 Å². The highest BCUT2D eigenvalue weighted by Crippen LogP contribution is 2.43. The Labute approximate surface area is 331 Å². The molecule has 0 heterocycles.